The zero-order chi connectivity index (χ0) is 24.3. The fourth-order valence-corrected chi connectivity index (χ4v) is 3.84. The van der Waals surface area contributed by atoms with Crippen molar-refractivity contribution in [3.05, 3.63) is 65.2 Å². The molecule has 4 rings (SSSR count). The molecule has 0 atom stereocenters. The molecule has 1 amide bonds. The van der Waals surface area contributed by atoms with Crippen LogP contribution in [-0.2, 0) is 4.79 Å². The number of amidine groups is 2. The average Bonchev–Trinajstić information content (AvgIpc) is 3.23. The van der Waals surface area contributed by atoms with Crippen molar-refractivity contribution in [2.75, 3.05) is 13.2 Å². The summed E-state index contributed by atoms with van der Waals surface area (Å²) in [7, 11) is 0. The number of carbonyl (C=O) groups is 1. The fraction of sp³-hybridized carbons (Fsp3) is 0.217. The lowest BCUT2D eigenvalue weighted by molar-refractivity contribution is -0.114. The molecule has 0 bridgehead atoms. The van der Waals surface area contributed by atoms with E-state index >= 15 is 0 Å². The van der Waals surface area contributed by atoms with Gasteiger partial charge in [0.15, 0.2) is 5.84 Å². The number of para-hydroxylation sites is 1. The molecular weight excluding hydrogens is 469 g/mol. The topological polar surface area (TPSA) is 87.3 Å². The van der Waals surface area contributed by atoms with Gasteiger partial charge in [0.1, 0.15) is 11.5 Å². The van der Waals surface area contributed by atoms with Crippen molar-refractivity contribution < 1.29 is 27.4 Å². The molecule has 0 radical (unpaired) electrons. The molecule has 176 valence electrons. The van der Waals surface area contributed by atoms with Gasteiger partial charge < -0.3 is 9.47 Å². The van der Waals surface area contributed by atoms with Crippen LogP contribution in [0.4, 0.5) is 13.2 Å². The third-order valence-electron chi connectivity index (χ3n) is 4.80. The van der Waals surface area contributed by atoms with Gasteiger partial charge in [0.05, 0.1) is 18.8 Å². The summed E-state index contributed by atoms with van der Waals surface area (Å²) >= 11 is 0.216. The smallest absolute Gasteiger partial charge is 0.441 e. The summed E-state index contributed by atoms with van der Waals surface area (Å²) in [5, 5.41) is 10.8. The quantitative estimate of drug-likeness (QED) is 0.437. The maximum Gasteiger partial charge on any atom is 0.441 e. The lowest BCUT2D eigenvalue weighted by Crippen LogP contribution is -2.35. The second-order valence-electron chi connectivity index (χ2n) is 7.31. The number of benzene rings is 2. The molecule has 2 heterocycles. The molecular formula is C23H19F3N4O3S. The number of aliphatic imine (C=N–C) groups is 1. The zero-order valence-corrected chi connectivity index (χ0v) is 18.7. The van der Waals surface area contributed by atoms with E-state index in [0.717, 1.165) is 16.3 Å². The van der Waals surface area contributed by atoms with Crippen molar-refractivity contribution in [1.82, 2.24) is 5.01 Å². The number of nitrogens with zero attached hydrogens (tertiary/aromatic N) is 3. The van der Waals surface area contributed by atoms with E-state index in [1.807, 2.05) is 31.2 Å². The van der Waals surface area contributed by atoms with Crippen LogP contribution in [0.3, 0.4) is 0 Å². The van der Waals surface area contributed by atoms with Crippen LogP contribution in [0.2, 0.25) is 0 Å². The first-order valence-corrected chi connectivity index (χ1v) is 11.0. The molecule has 0 aromatic heterocycles. The van der Waals surface area contributed by atoms with Crippen molar-refractivity contribution in [3.8, 4) is 11.5 Å². The SMILES string of the molecule is Cc1ccccc1OCCCOc1ccc(/C=C2\C(=N)N3N=C(C(F)(F)F)SC3=NC2=O)cc1. The predicted molar refractivity (Wildman–Crippen MR) is 124 cm³/mol. The summed E-state index contributed by atoms with van der Waals surface area (Å²) in [5.41, 5.74) is 1.48. The first kappa shape index (κ1) is 23.6. The van der Waals surface area contributed by atoms with E-state index in [1.165, 1.54) is 6.08 Å². The lowest BCUT2D eigenvalue weighted by Gasteiger charge is -2.20. The molecule has 2 aromatic carbocycles. The summed E-state index contributed by atoms with van der Waals surface area (Å²) in [6, 6.07) is 14.5. The first-order valence-electron chi connectivity index (χ1n) is 10.2. The summed E-state index contributed by atoms with van der Waals surface area (Å²) in [5.74, 6) is 0.192. The third kappa shape index (κ3) is 5.30. The number of hydrogen-bond donors (Lipinski definition) is 1. The third-order valence-corrected chi connectivity index (χ3v) is 5.75. The van der Waals surface area contributed by atoms with Gasteiger partial charge >= 0.3 is 6.18 Å². The molecule has 0 aliphatic carbocycles. The highest BCUT2D eigenvalue weighted by atomic mass is 32.2. The Balaban J connectivity index is 1.33. The van der Waals surface area contributed by atoms with Gasteiger partial charge in [-0.2, -0.15) is 28.3 Å². The number of ether oxygens (including phenoxy) is 2. The minimum absolute atomic E-state index is 0.154. The van der Waals surface area contributed by atoms with Gasteiger partial charge in [0, 0.05) is 6.42 Å². The van der Waals surface area contributed by atoms with Gasteiger partial charge in [-0.25, -0.2) is 0 Å². The Morgan fingerprint density at radius 2 is 1.79 bits per heavy atom. The normalized spacial score (nSPS) is 16.9. The van der Waals surface area contributed by atoms with Crippen LogP contribution < -0.4 is 9.47 Å². The number of fused-ring (bicyclic) bond motifs is 1. The molecule has 2 aliphatic heterocycles. The number of nitrogens with one attached hydrogen (secondary N) is 1. The molecule has 0 saturated heterocycles. The lowest BCUT2D eigenvalue weighted by atomic mass is 10.1. The Labute approximate surface area is 197 Å². The Bertz CT molecular complexity index is 1210. The Hall–Kier alpha value is -3.60. The number of aryl methyl sites for hydroxylation is 1. The highest BCUT2D eigenvalue weighted by molar-refractivity contribution is 8.27. The molecule has 0 saturated carbocycles. The van der Waals surface area contributed by atoms with Crippen molar-refractivity contribution in [2.24, 2.45) is 10.1 Å². The highest BCUT2D eigenvalue weighted by Gasteiger charge is 2.46. The molecule has 2 aliphatic rings. The molecule has 11 heteroatoms. The molecule has 7 nitrogen and oxygen atoms in total. The van der Waals surface area contributed by atoms with Gasteiger partial charge in [0.2, 0.25) is 10.2 Å². The second-order valence-corrected chi connectivity index (χ2v) is 8.26. The summed E-state index contributed by atoms with van der Waals surface area (Å²) in [4.78, 5) is 15.9. The number of halogens is 3. The minimum atomic E-state index is -4.68. The van der Waals surface area contributed by atoms with Crippen LogP contribution in [0.25, 0.3) is 6.08 Å². The van der Waals surface area contributed by atoms with Gasteiger partial charge in [0.25, 0.3) is 5.91 Å². The maximum absolute atomic E-state index is 12.9. The van der Waals surface area contributed by atoms with Gasteiger partial charge in [-0.15, -0.1) is 0 Å². The minimum Gasteiger partial charge on any atom is -0.493 e. The Morgan fingerprint density at radius 3 is 2.50 bits per heavy atom. The Morgan fingerprint density at radius 1 is 1.09 bits per heavy atom. The van der Waals surface area contributed by atoms with Crippen molar-refractivity contribution in [3.63, 3.8) is 0 Å². The van der Waals surface area contributed by atoms with Crippen LogP contribution in [-0.4, -0.2) is 46.4 Å². The molecule has 0 spiro atoms. The van der Waals surface area contributed by atoms with E-state index in [2.05, 4.69) is 10.1 Å². The number of hydrazone groups is 1. The molecule has 34 heavy (non-hydrogen) atoms. The van der Waals surface area contributed by atoms with Gasteiger partial charge in [-0.1, -0.05) is 30.3 Å². The molecule has 0 unspecified atom stereocenters. The zero-order valence-electron chi connectivity index (χ0n) is 17.9. The number of rotatable bonds is 7. The van der Waals surface area contributed by atoms with E-state index in [9.17, 15) is 18.0 Å². The van der Waals surface area contributed by atoms with Crippen LogP contribution in [0.15, 0.2) is 64.2 Å². The van der Waals surface area contributed by atoms with Crippen molar-refractivity contribution in [2.45, 2.75) is 19.5 Å². The number of amides is 1. The predicted octanol–water partition coefficient (Wildman–Crippen LogP) is 5.02. The summed E-state index contributed by atoms with van der Waals surface area (Å²) in [6.07, 6.45) is -2.61. The van der Waals surface area contributed by atoms with Crippen LogP contribution in [0.5, 0.6) is 11.5 Å². The monoisotopic (exact) mass is 488 g/mol. The number of carbonyl (C=O) groups excluding carboxylic acids is 1. The molecule has 2 aromatic rings. The number of hydrogen-bond acceptors (Lipinski definition) is 6. The van der Waals surface area contributed by atoms with Gasteiger partial charge in [-0.3, -0.25) is 10.2 Å². The van der Waals surface area contributed by atoms with Crippen LogP contribution >= 0.6 is 11.8 Å². The fourth-order valence-electron chi connectivity index (χ4n) is 3.08. The standard InChI is InChI=1S/C23H19F3N4O3S/c1-14-5-2-3-6-18(14)33-12-4-11-32-16-9-7-15(8-10-16)13-17-19(27)30-22(28-20(17)31)34-21(29-30)23(24,25)26/h2-3,5-10,13,27H,4,11-12H2,1H3/b17-13+,27-19?. The molecule has 1 N–H and O–H groups in total. The average molecular weight is 488 g/mol. The van der Waals surface area contributed by atoms with E-state index in [4.69, 9.17) is 14.9 Å². The van der Waals surface area contributed by atoms with E-state index in [1.54, 1.807) is 24.3 Å². The van der Waals surface area contributed by atoms with Crippen molar-refractivity contribution in [1.29, 1.82) is 5.41 Å². The maximum atomic E-state index is 12.9. The first-order chi connectivity index (χ1) is 16.2. The Kier molecular flexibility index (Phi) is 6.73. The van der Waals surface area contributed by atoms with E-state index in [0.29, 0.717) is 30.9 Å². The number of thioether (sulfide) groups is 1. The largest absolute Gasteiger partial charge is 0.493 e. The summed E-state index contributed by atoms with van der Waals surface area (Å²) < 4.78 is 50.2. The van der Waals surface area contributed by atoms with Crippen molar-refractivity contribution >= 4 is 39.8 Å². The summed E-state index contributed by atoms with van der Waals surface area (Å²) in [6.45, 7) is 2.93. The van der Waals surface area contributed by atoms with Crippen LogP contribution in [0, 0.1) is 12.3 Å². The van der Waals surface area contributed by atoms with Gasteiger partial charge in [-0.05, 0) is 54.1 Å². The second kappa shape index (κ2) is 9.72. The van der Waals surface area contributed by atoms with Crippen LogP contribution in [0.1, 0.15) is 17.5 Å². The number of alkyl halides is 3. The van der Waals surface area contributed by atoms with E-state index < -0.39 is 23.0 Å². The highest BCUT2D eigenvalue weighted by Crippen LogP contribution is 2.35. The van der Waals surface area contributed by atoms with E-state index in [-0.39, 0.29) is 22.5 Å². The molecule has 0 fully saturated rings.